The van der Waals surface area contributed by atoms with Gasteiger partial charge in [0.1, 0.15) is 5.69 Å². The van der Waals surface area contributed by atoms with Crippen LogP contribution in [-0.4, -0.2) is 27.7 Å². The highest BCUT2D eigenvalue weighted by molar-refractivity contribution is 5.92. The number of ether oxygens (including phenoxy) is 1. The molecule has 0 unspecified atom stereocenters. The van der Waals surface area contributed by atoms with Crippen LogP contribution in [0.3, 0.4) is 0 Å². The summed E-state index contributed by atoms with van der Waals surface area (Å²) in [7, 11) is 0. The third-order valence-corrected chi connectivity index (χ3v) is 2.81. The van der Waals surface area contributed by atoms with Crippen molar-refractivity contribution >= 4 is 11.7 Å². The number of nitro groups is 1. The average Bonchev–Trinajstić information content (AvgIpc) is 2.76. The molecule has 0 saturated heterocycles. The van der Waals surface area contributed by atoms with E-state index in [1.165, 1.54) is 0 Å². The molecule has 0 aromatic carbocycles. The van der Waals surface area contributed by atoms with Crippen LogP contribution in [0, 0.1) is 10.1 Å². The maximum absolute atomic E-state index is 11.6. The Morgan fingerprint density at radius 1 is 1.44 bits per heavy atom. The van der Waals surface area contributed by atoms with Gasteiger partial charge in [0.2, 0.25) is 5.69 Å². The molecule has 0 aliphatic carbocycles. The zero-order valence-corrected chi connectivity index (χ0v) is 10.7. The molecule has 0 fully saturated rings. The second-order valence-electron chi connectivity index (χ2n) is 3.83. The van der Waals surface area contributed by atoms with E-state index >= 15 is 0 Å². The summed E-state index contributed by atoms with van der Waals surface area (Å²) >= 11 is 0. The smallest absolute Gasteiger partial charge is 0.366 e. The van der Waals surface area contributed by atoms with Crippen LogP contribution in [0.5, 0.6) is 0 Å². The van der Waals surface area contributed by atoms with Gasteiger partial charge in [-0.2, -0.15) is 5.10 Å². The lowest BCUT2D eigenvalue weighted by Gasteiger charge is -2.08. The van der Waals surface area contributed by atoms with Gasteiger partial charge in [-0.3, -0.25) is 15.2 Å². The molecule has 7 heteroatoms. The second-order valence-corrected chi connectivity index (χ2v) is 3.83. The predicted molar refractivity (Wildman–Crippen MR) is 64.5 cm³/mol. The van der Waals surface area contributed by atoms with Gasteiger partial charge in [-0.1, -0.05) is 13.8 Å². The van der Waals surface area contributed by atoms with Crippen LogP contribution in [-0.2, 0) is 4.74 Å². The summed E-state index contributed by atoms with van der Waals surface area (Å²) in [5.74, 6) is -0.779. The van der Waals surface area contributed by atoms with Gasteiger partial charge < -0.3 is 4.74 Å². The second kappa shape index (κ2) is 6.13. The normalized spacial score (nSPS) is 10.7. The van der Waals surface area contributed by atoms with Gasteiger partial charge in [0.25, 0.3) is 0 Å². The fourth-order valence-electron chi connectivity index (χ4n) is 1.86. The summed E-state index contributed by atoms with van der Waals surface area (Å²) < 4.78 is 4.75. The van der Waals surface area contributed by atoms with Gasteiger partial charge in [-0.05, 0) is 19.8 Å². The number of nitrogens with one attached hydrogen (secondary N) is 1. The molecule has 7 nitrogen and oxygen atoms in total. The van der Waals surface area contributed by atoms with E-state index in [2.05, 4.69) is 10.2 Å². The van der Waals surface area contributed by atoms with Gasteiger partial charge in [0, 0.05) is 5.92 Å². The molecule has 1 aromatic rings. The van der Waals surface area contributed by atoms with Crippen molar-refractivity contribution in [2.45, 2.75) is 39.5 Å². The molecule has 0 bridgehead atoms. The van der Waals surface area contributed by atoms with Gasteiger partial charge >= 0.3 is 11.7 Å². The van der Waals surface area contributed by atoms with E-state index in [1.807, 2.05) is 13.8 Å². The minimum atomic E-state index is -0.766. The Bertz CT molecular complexity index is 437. The lowest BCUT2D eigenvalue weighted by molar-refractivity contribution is -0.386. The number of carbonyl (C=O) groups excluding carboxylic acids is 1. The zero-order chi connectivity index (χ0) is 13.7. The summed E-state index contributed by atoms with van der Waals surface area (Å²) in [6.07, 6.45) is 1.48. The molecular formula is C11H17N3O4. The maximum atomic E-state index is 11.6. The highest BCUT2D eigenvalue weighted by Crippen LogP contribution is 2.32. The first kappa shape index (κ1) is 14.1. The minimum Gasteiger partial charge on any atom is -0.461 e. The molecule has 0 atom stereocenters. The van der Waals surface area contributed by atoms with Crippen molar-refractivity contribution in [1.82, 2.24) is 10.2 Å². The highest BCUT2D eigenvalue weighted by Gasteiger charge is 2.32. The molecular weight excluding hydrogens is 238 g/mol. The van der Waals surface area contributed by atoms with Gasteiger partial charge in [0.05, 0.1) is 11.5 Å². The monoisotopic (exact) mass is 255 g/mol. The number of esters is 1. The van der Waals surface area contributed by atoms with Crippen molar-refractivity contribution in [3.8, 4) is 0 Å². The molecule has 1 aromatic heterocycles. The summed E-state index contributed by atoms with van der Waals surface area (Å²) in [4.78, 5) is 22.1. The molecule has 18 heavy (non-hydrogen) atoms. The Hall–Kier alpha value is -1.92. The number of carbonyl (C=O) groups is 1. The third-order valence-electron chi connectivity index (χ3n) is 2.81. The Morgan fingerprint density at radius 2 is 2.06 bits per heavy atom. The molecule has 1 heterocycles. The summed E-state index contributed by atoms with van der Waals surface area (Å²) in [6.45, 7) is 5.66. The summed E-state index contributed by atoms with van der Waals surface area (Å²) in [5.41, 5.74) is -0.112. The number of hydrogen-bond acceptors (Lipinski definition) is 5. The van der Waals surface area contributed by atoms with Crippen LogP contribution >= 0.6 is 0 Å². The molecule has 1 N–H and O–H groups in total. The van der Waals surface area contributed by atoms with Gasteiger partial charge in [-0.25, -0.2) is 4.79 Å². The quantitative estimate of drug-likeness (QED) is 0.478. The first-order valence-electron chi connectivity index (χ1n) is 5.96. The molecule has 0 amide bonds. The van der Waals surface area contributed by atoms with Crippen molar-refractivity contribution in [2.24, 2.45) is 0 Å². The topological polar surface area (TPSA) is 98.1 Å². The maximum Gasteiger partial charge on any atom is 0.366 e. The van der Waals surface area contributed by atoms with Crippen molar-refractivity contribution in [2.75, 3.05) is 6.61 Å². The highest BCUT2D eigenvalue weighted by atomic mass is 16.6. The Morgan fingerprint density at radius 3 is 2.50 bits per heavy atom. The number of aromatic amines is 1. The van der Waals surface area contributed by atoms with Crippen LogP contribution in [0.25, 0.3) is 0 Å². The SMILES string of the molecule is CCOC(=O)c1n[nH]c(C(CC)CC)c1[N+](=O)[O-]. The van der Waals surface area contributed by atoms with E-state index in [-0.39, 0.29) is 23.9 Å². The molecule has 0 aliphatic heterocycles. The number of aromatic nitrogens is 2. The number of hydrogen-bond donors (Lipinski definition) is 1. The van der Waals surface area contributed by atoms with Crippen LogP contribution in [0.4, 0.5) is 5.69 Å². The number of H-pyrrole nitrogens is 1. The Balaban J connectivity index is 3.22. The van der Waals surface area contributed by atoms with Crippen LogP contribution < -0.4 is 0 Å². The van der Waals surface area contributed by atoms with E-state index in [0.717, 1.165) is 12.8 Å². The van der Waals surface area contributed by atoms with Crippen molar-refractivity contribution < 1.29 is 14.5 Å². The van der Waals surface area contributed by atoms with Crippen LogP contribution in [0.2, 0.25) is 0 Å². The largest absolute Gasteiger partial charge is 0.461 e. The van der Waals surface area contributed by atoms with Crippen LogP contribution in [0.1, 0.15) is 55.7 Å². The van der Waals surface area contributed by atoms with Crippen molar-refractivity contribution in [3.05, 3.63) is 21.5 Å². The van der Waals surface area contributed by atoms with E-state index in [1.54, 1.807) is 6.92 Å². The van der Waals surface area contributed by atoms with E-state index in [0.29, 0.717) is 5.69 Å². The van der Waals surface area contributed by atoms with E-state index < -0.39 is 10.9 Å². The standard InChI is InChI=1S/C11H17N3O4/c1-4-7(5-2)8-10(14(16)17)9(13-12-8)11(15)18-6-3/h7H,4-6H2,1-3H3,(H,12,13). The van der Waals surface area contributed by atoms with Crippen LogP contribution in [0.15, 0.2) is 0 Å². The molecule has 100 valence electrons. The predicted octanol–water partition coefficient (Wildman–Crippen LogP) is 2.40. The fraction of sp³-hybridized carbons (Fsp3) is 0.636. The fourth-order valence-corrected chi connectivity index (χ4v) is 1.86. The van der Waals surface area contributed by atoms with Gasteiger partial charge in [-0.15, -0.1) is 0 Å². The van der Waals surface area contributed by atoms with Gasteiger partial charge in [0.15, 0.2) is 0 Å². The Labute approximate surface area is 105 Å². The average molecular weight is 255 g/mol. The zero-order valence-electron chi connectivity index (χ0n) is 10.7. The molecule has 0 spiro atoms. The number of rotatable bonds is 6. The Kier molecular flexibility index (Phi) is 4.82. The molecule has 1 rings (SSSR count). The van der Waals surface area contributed by atoms with Crippen molar-refractivity contribution in [1.29, 1.82) is 0 Å². The summed E-state index contributed by atoms with van der Waals surface area (Å²) in [6, 6.07) is 0. The van der Waals surface area contributed by atoms with Crippen molar-refractivity contribution in [3.63, 3.8) is 0 Å². The van der Waals surface area contributed by atoms with E-state index in [9.17, 15) is 14.9 Å². The lowest BCUT2D eigenvalue weighted by atomic mass is 9.98. The molecule has 0 saturated carbocycles. The molecule has 0 aliphatic rings. The third kappa shape index (κ3) is 2.66. The van der Waals surface area contributed by atoms with E-state index in [4.69, 9.17) is 4.74 Å². The summed E-state index contributed by atoms with van der Waals surface area (Å²) in [5, 5.41) is 17.4. The first-order chi connectivity index (χ1) is 8.56. The number of nitrogens with zero attached hydrogens (tertiary/aromatic N) is 2. The first-order valence-corrected chi connectivity index (χ1v) is 5.96. The minimum absolute atomic E-state index is 0.0129. The lowest BCUT2D eigenvalue weighted by Crippen LogP contribution is -2.08. The molecule has 0 radical (unpaired) electrons.